The second-order valence-electron chi connectivity index (χ2n) is 5.71. The number of halogens is 1. The van der Waals surface area contributed by atoms with E-state index >= 15 is 0 Å². The number of nitrogens with one attached hydrogen (secondary N) is 1. The highest BCUT2D eigenvalue weighted by atomic mass is 35.5. The number of carbonyl (C=O) groups is 1. The van der Waals surface area contributed by atoms with Crippen LogP contribution in [0.5, 0.6) is 0 Å². The van der Waals surface area contributed by atoms with Crippen molar-refractivity contribution in [2.45, 2.75) is 37.3 Å². The fourth-order valence-corrected chi connectivity index (χ4v) is 3.34. The first-order chi connectivity index (χ1) is 9.72. The molecule has 2 fully saturated rings. The molecule has 2 heterocycles. The van der Waals surface area contributed by atoms with Gasteiger partial charge in [0, 0.05) is 12.6 Å². The Morgan fingerprint density at radius 1 is 1.33 bits per heavy atom. The summed E-state index contributed by atoms with van der Waals surface area (Å²) in [6, 6.07) is 8.00. The zero-order valence-corrected chi connectivity index (χ0v) is 13.1. The minimum absolute atomic E-state index is 0. The molecule has 0 aromatic heterocycles. The molecule has 0 radical (unpaired) electrons. The number of piperidine rings is 1. The van der Waals surface area contributed by atoms with Crippen molar-refractivity contribution in [2.75, 3.05) is 20.3 Å². The first-order valence-electron chi connectivity index (χ1n) is 7.28. The van der Waals surface area contributed by atoms with Crippen molar-refractivity contribution in [1.29, 1.82) is 0 Å². The van der Waals surface area contributed by atoms with Gasteiger partial charge < -0.3 is 14.8 Å². The van der Waals surface area contributed by atoms with Gasteiger partial charge in [0.2, 0.25) is 0 Å². The van der Waals surface area contributed by atoms with Crippen LogP contribution in [-0.2, 0) is 9.47 Å². The number of methoxy groups -OCH3 is 1. The first kappa shape index (κ1) is 16.3. The van der Waals surface area contributed by atoms with Crippen molar-refractivity contribution in [1.82, 2.24) is 5.32 Å². The van der Waals surface area contributed by atoms with Crippen LogP contribution in [0.15, 0.2) is 24.3 Å². The molecule has 2 saturated heterocycles. The van der Waals surface area contributed by atoms with Gasteiger partial charge in [-0.05, 0) is 49.9 Å². The van der Waals surface area contributed by atoms with Gasteiger partial charge in [-0.25, -0.2) is 4.79 Å². The number of hydrogen-bond donors (Lipinski definition) is 1. The highest BCUT2D eigenvalue weighted by Gasteiger charge is 2.40. The molecule has 2 atom stereocenters. The summed E-state index contributed by atoms with van der Waals surface area (Å²) in [6.07, 6.45) is 4.47. The van der Waals surface area contributed by atoms with Crippen LogP contribution in [0.2, 0.25) is 0 Å². The number of rotatable bonds is 2. The molecule has 2 aliphatic heterocycles. The molecule has 1 aromatic carbocycles. The topological polar surface area (TPSA) is 47.6 Å². The Bertz CT molecular complexity index is 483. The molecule has 1 N–H and O–H groups in total. The molecule has 1 aromatic rings. The van der Waals surface area contributed by atoms with Crippen LogP contribution >= 0.6 is 12.4 Å². The maximum absolute atomic E-state index is 11.4. The molecule has 4 nitrogen and oxygen atoms in total. The van der Waals surface area contributed by atoms with E-state index in [1.54, 1.807) is 0 Å². The van der Waals surface area contributed by atoms with Crippen LogP contribution in [0, 0.1) is 0 Å². The summed E-state index contributed by atoms with van der Waals surface area (Å²) in [4.78, 5) is 11.4. The van der Waals surface area contributed by atoms with Crippen LogP contribution in [0.1, 0.15) is 47.6 Å². The quantitative estimate of drug-likeness (QED) is 0.853. The third kappa shape index (κ3) is 3.39. The summed E-state index contributed by atoms with van der Waals surface area (Å²) in [7, 11) is 1.40. The van der Waals surface area contributed by atoms with Crippen LogP contribution in [0.4, 0.5) is 0 Å². The van der Waals surface area contributed by atoms with Gasteiger partial charge in [0.15, 0.2) is 0 Å². The zero-order valence-electron chi connectivity index (χ0n) is 12.3. The van der Waals surface area contributed by atoms with Gasteiger partial charge in [0.25, 0.3) is 0 Å². The molecule has 0 bridgehead atoms. The minimum atomic E-state index is -0.288. The van der Waals surface area contributed by atoms with E-state index in [1.165, 1.54) is 25.5 Å². The van der Waals surface area contributed by atoms with E-state index in [0.29, 0.717) is 11.6 Å². The maximum atomic E-state index is 11.4. The van der Waals surface area contributed by atoms with Gasteiger partial charge in [-0.1, -0.05) is 12.1 Å². The van der Waals surface area contributed by atoms with Crippen molar-refractivity contribution in [3.63, 3.8) is 0 Å². The third-order valence-corrected chi connectivity index (χ3v) is 4.47. The largest absolute Gasteiger partial charge is 0.465 e. The fourth-order valence-electron chi connectivity index (χ4n) is 3.34. The average molecular weight is 312 g/mol. The van der Waals surface area contributed by atoms with E-state index in [-0.39, 0.29) is 24.0 Å². The molecular weight excluding hydrogens is 290 g/mol. The van der Waals surface area contributed by atoms with Crippen LogP contribution in [0.25, 0.3) is 0 Å². The standard InChI is InChI=1S/C16H21NO3.ClH/c1-19-15(18)13-5-3-12(4-6-13)14-11-16(8-9-17-14)7-2-10-20-16;/h3-6,14,17H,2,7-11H2,1H3;1H/t14-,16?;/m0./s1. The summed E-state index contributed by atoms with van der Waals surface area (Å²) in [5, 5.41) is 3.55. The molecule has 0 amide bonds. The molecule has 0 saturated carbocycles. The molecule has 3 rings (SSSR count). The lowest BCUT2D eigenvalue weighted by Crippen LogP contribution is -2.43. The molecule has 2 aliphatic rings. The Balaban J connectivity index is 0.00000161. The molecule has 1 unspecified atom stereocenters. The second kappa shape index (κ2) is 6.77. The molecule has 116 valence electrons. The number of ether oxygens (including phenoxy) is 2. The smallest absolute Gasteiger partial charge is 0.337 e. The Morgan fingerprint density at radius 2 is 2.10 bits per heavy atom. The van der Waals surface area contributed by atoms with Gasteiger partial charge in [-0.15, -0.1) is 12.4 Å². The zero-order chi connectivity index (χ0) is 14.0. The van der Waals surface area contributed by atoms with Crippen LogP contribution in [0.3, 0.4) is 0 Å². The summed E-state index contributed by atoms with van der Waals surface area (Å²) >= 11 is 0. The monoisotopic (exact) mass is 311 g/mol. The van der Waals surface area contributed by atoms with E-state index in [1.807, 2.05) is 24.3 Å². The normalized spacial score (nSPS) is 28.1. The summed E-state index contributed by atoms with van der Waals surface area (Å²) in [5.74, 6) is -0.288. The van der Waals surface area contributed by atoms with Crippen molar-refractivity contribution in [3.8, 4) is 0 Å². The predicted molar refractivity (Wildman–Crippen MR) is 82.9 cm³/mol. The van der Waals surface area contributed by atoms with Gasteiger partial charge in [0.05, 0.1) is 18.3 Å². The Kier molecular flexibility index (Phi) is 5.25. The van der Waals surface area contributed by atoms with E-state index in [0.717, 1.165) is 26.0 Å². The first-order valence-corrected chi connectivity index (χ1v) is 7.28. The lowest BCUT2D eigenvalue weighted by molar-refractivity contribution is -0.0310. The van der Waals surface area contributed by atoms with Gasteiger partial charge in [-0.3, -0.25) is 0 Å². The number of hydrogen-bond acceptors (Lipinski definition) is 4. The lowest BCUT2D eigenvalue weighted by atomic mass is 9.83. The SMILES string of the molecule is COC(=O)c1ccc([C@@H]2CC3(CCCO3)CCN2)cc1.Cl. The predicted octanol–water partition coefficient (Wildman–Crippen LogP) is 2.87. The highest BCUT2D eigenvalue weighted by Crippen LogP contribution is 2.39. The molecular formula is C16H22ClNO3. The summed E-state index contributed by atoms with van der Waals surface area (Å²) in [6.45, 7) is 1.89. The lowest BCUT2D eigenvalue weighted by Gasteiger charge is -2.38. The maximum Gasteiger partial charge on any atom is 0.337 e. The van der Waals surface area contributed by atoms with E-state index in [9.17, 15) is 4.79 Å². The van der Waals surface area contributed by atoms with E-state index in [2.05, 4.69) is 5.32 Å². The number of esters is 1. The number of carbonyl (C=O) groups excluding carboxylic acids is 1. The van der Waals surface area contributed by atoms with Crippen molar-refractivity contribution < 1.29 is 14.3 Å². The Hall–Kier alpha value is -1.10. The van der Waals surface area contributed by atoms with Gasteiger partial charge >= 0.3 is 5.97 Å². The van der Waals surface area contributed by atoms with Crippen molar-refractivity contribution in [2.24, 2.45) is 0 Å². The van der Waals surface area contributed by atoms with Crippen molar-refractivity contribution in [3.05, 3.63) is 35.4 Å². The highest BCUT2D eigenvalue weighted by molar-refractivity contribution is 5.89. The Morgan fingerprint density at radius 3 is 2.71 bits per heavy atom. The van der Waals surface area contributed by atoms with Crippen LogP contribution in [-0.4, -0.2) is 31.8 Å². The molecule has 21 heavy (non-hydrogen) atoms. The summed E-state index contributed by atoms with van der Waals surface area (Å²) < 4.78 is 10.7. The van der Waals surface area contributed by atoms with E-state index in [4.69, 9.17) is 9.47 Å². The summed E-state index contributed by atoms with van der Waals surface area (Å²) in [5.41, 5.74) is 1.89. The number of benzene rings is 1. The molecule has 1 spiro atoms. The molecule has 0 aliphatic carbocycles. The average Bonchev–Trinajstić information content (AvgIpc) is 2.94. The second-order valence-corrected chi connectivity index (χ2v) is 5.71. The van der Waals surface area contributed by atoms with Crippen LogP contribution < -0.4 is 5.32 Å². The fraction of sp³-hybridized carbons (Fsp3) is 0.562. The Labute approximate surface area is 131 Å². The van der Waals surface area contributed by atoms with Gasteiger partial charge in [0.1, 0.15) is 0 Å². The molecule has 5 heteroatoms. The van der Waals surface area contributed by atoms with Crippen molar-refractivity contribution >= 4 is 18.4 Å². The van der Waals surface area contributed by atoms with Gasteiger partial charge in [-0.2, -0.15) is 0 Å². The van der Waals surface area contributed by atoms with E-state index < -0.39 is 0 Å². The minimum Gasteiger partial charge on any atom is -0.465 e. The third-order valence-electron chi connectivity index (χ3n) is 4.47.